The molecule has 4 nitrogen and oxygen atoms in total. The van der Waals surface area contributed by atoms with Crippen LogP contribution in [0.3, 0.4) is 0 Å². The molecule has 0 N–H and O–H groups in total. The van der Waals surface area contributed by atoms with Crippen molar-refractivity contribution in [3.8, 4) is 5.75 Å². The van der Waals surface area contributed by atoms with Crippen LogP contribution in [-0.2, 0) is 13.0 Å². The molecule has 0 radical (unpaired) electrons. The fourth-order valence-electron chi connectivity index (χ4n) is 2.11. The average Bonchev–Trinajstić information content (AvgIpc) is 2.86. The van der Waals surface area contributed by atoms with E-state index in [2.05, 4.69) is 16.5 Å². The van der Waals surface area contributed by atoms with Crippen LogP contribution in [-0.4, -0.2) is 22.9 Å². The Hall–Kier alpha value is -2.10. The molecule has 0 unspecified atom stereocenters. The fraction of sp³-hybridized carbons (Fsp3) is 0.333. The number of carbonyl (C=O) groups excluding carboxylic acids is 1. The Morgan fingerprint density at radius 2 is 2.26 bits per heavy atom. The highest BCUT2D eigenvalue weighted by molar-refractivity contribution is 5.75. The molecule has 1 heterocycles. The van der Waals surface area contributed by atoms with Gasteiger partial charge in [-0.05, 0) is 24.6 Å². The van der Waals surface area contributed by atoms with Gasteiger partial charge in [0.05, 0.1) is 13.7 Å². The molecule has 0 fully saturated rings. The Bertz CT molecular complexity index is 561. The predicted octanol–water partition coefficient (Wildman–Crippen LogP) is 2.71. The lowest BCUT2D eigenvalue weighted by Crippen LogP contribution is -2.06. The van der Waals surface area contributed by atoms with Gasteiger partial charge in [0.25, 0.3) is 0 Å². The Morgan fingerprint density at radius 1 is 1.42 bits per heavy atom. The lowest BCUT2D eigenvalue weighted by Gasteiger charge is -2.12. The van der Waals surface area contributed by atoms with Gasteiger partial charge in [-0.3, -0.25) is 4.79 Å². The number of methoxy groups -OCH3 is 1. The summed E-state index contributed by atoms with van der Waals surface area (Å²) in [5.74, 6) is 1.85. The van der Waals surface area contributed by atoms with E-state index in [1.807, 2.05) is 18.3 Å². The standard InChI is InChI=1S/C15H18N2O2/c1-3-4-15-16-7-8-17(15)10-13-9-12(11-18)5-6-14(13)19-2/h5-9,11H,3-4,10H2,1-2H3. The minimum atomic E-state index is 0.660. The molecule has 1 aromatic heterocycles. The molecule has 100 valence electrons. The van der Waals surface area contributed by atoms with Crippen LogP contribution in [0.15, 0.2) is 30.6 Å². The van der Waals surface area contributed by atoms with Crippen LogP contribution >= 0.6 is 0 Å². The first-order valence-electron chi connectivity index (χ1n) is 6.40. The highest BCUT2D eigenvalue weighted by atomic mass is 16.5. The van der Waals surface area contributed by atoms with Crippen LogP contribution in [0.2, 0.25) is 0 Å². The smallest absolute Gasteiger partial charge is 0.150 e. The van der Waals surface area contributed by atoms with Crippen molar-refractivity contribution in [2.45, 2.75) is 26.3 Å². The van der Waals surface area contributed by atoms with Gasteiger partial charge >= 0.3 is 0 Å². The Labute approximate surface area is 113 Å². The summed E-state index contributed by atoms with van der Waals surface area (Å²) < 4.78 is 7.44. The molecule has 2 rings (SSSR count). The number of nitrogens with zero attached hydrogens (tertiary/aromatic N) is 2. The predicted molar refractivity (Wildman–Crippen MR) is 73.7 cm³/mol. The summed E-state index contributed by atoms with van der Waals surface area (Å²) in [6.45, 7) is 2.80. The topological polar surface area (TPSA) is 44.1 Å². The summed E-state index contributed by atoms with van der Waals surface area (Å²) in [6, 6.07) is 5.45. The summed E-state index contributed by atoms with van der Waals surface area (Å²) in [5, 5.41) is 0. The summed E-state index contributed by atoms with van der Waals surface area (Å²) in [5.41, 5.74) is 1.65. The molecular formula is C15H18N2O2. The minimum absolute atomic E-state index is 0.660. The van der Waals surface area contributed by atoms with Gasteiger partial charge in [-0.25, -0.2) is 4.98 Å². The third-order valence-electron chi connectivity index (χ3n) is 3.06. The molecule has 0 atom stereocenters. The maximum Gasteiger partial charge on any atom is 0.150 e. The van der Waals surface area contributed by atoms with Crippen molar-refractivity contribution in [2.75, 3.05) is 7.11 Å². The molecule has 4 heteroatoms. The molecule has 0 aliphatic rings. The third-order valence-corrected chi connectivity index (χ3v) is 3.06. The van der Waals surface area contributed by atoms with Crippen molar-refractivity contribution >= 4 is 6.29 Å². The van der Waals surface area contributed by atoms with Crippen molar-refractivity contribution in [3.63, 3.8) is 0 Å². The van der Waals surface area contributed by atoms with Gasteiger partial charge in [0.1, 0.15) is 17.9 Å². The first kappa shape index (κ1) is 13.3. The van der Waals surface area contributed by atoms with Gasteiger partial charge in [0.15, 0.2) is 0 Å². The van der Waals surface area contributed by atoms with Crippen molar-refractivity contribution in [3.05, 3.63) is 47.5 Å². The highest BCUT2D eigenvalue weighted by Gasteiger charge is 2.08. The zero-order valence-electron chi connectivity index (χ0n) is 11.3. The first-order valence-corrected chi connectivity index (χ1v) is 6.40. The van der Waals surface area contributed by atoms with Crippen LogP contribution in [0.25, 0.3) is 0 Å². The van der Waals surface area contributed by atoms with Crippen molar-refractivity contribution in [1.82, 2.24) is 9.55 Å². The third kappa shape index (κ3) is 3.02. The Morgan fingerprint density at radius 3 is 2.95 bits per heavy atom. The molecule has 2 aromatic rings. The van der Waals surface area contributed by atoms with Gasteiger partial charge in [-0.1, -0.05) is 6.92 Å². The van der Waals surface area contributed by atoms with Crippen molar-refractivity contribution in [2.24, 2.45) is 0 Å². The molecule has 0 saturated heterocycles. The number of hydrogen-bond acceptors (Lipinski definition) is 3. The van der Waals surface area contributed by atoms with Crippen LogP contribution < -0.4 is 4.74 Å². The second kappa shape index (κ2) is 6.18. The maximum atomic E-state index is 10.9. The molecule has 19 heavy (non-hydrogen) atoms. The molecule has 0 saturated carbocycles. The number of aryl methyl sites for hydroxylation is 1. The fourth-order valence-corrected chi connectivity index (χ4v) is 2.11. The lowest BCUT2D eigenvalue weighted by molar-refractivity contribution is 0.112. The maximum absolute atomic E-state index is 10.9. The number of carbonyl (C=O) groups is 1. The first-order chi connectivity index (χ1) is 9.28. The van der Waals surface area contributed by atoms with Crippen molar-refractivity contribution in [1.29, 1.82) is 0 Å². The molecule has 1 aromatic carbocycles. The number of imidazole rings is 1. The van der Waals surface area contributed by atoms with E-state index in [-0.39, 0.29) is 0 Å². The monoisotopic (exact) mass is 258 g/mol. The van der Waals surface area contributed by atoms with Gasteiger partial charge in [0, 0.05) is 29.9 Å². The largest absolute Gasteiger partial charge is 0.496 e. The van der Waals surface area contributed by atoms with Gasteiger partial charge in [-0.2, -0.15) is 0 Å². The molecule has 0 spiro atoms. The zero-order valence-corrected chi connectivity index (χ0v) is 11.3. The number of ether oxygens (including phenoxy) is 1. The number of hydrogen-bond donors (Lipinski definition) is 0. The van der Waals surface area contributed by atoms with E-state index in [1.165, 1.54) is 0 Å². The molecule has 0 bridgehead atoms. The van der Waals surface area contributed by atoms with Crippen molar-refractivity contribution < 1.29 is 9.53 Å². The minimum Gasteiger partial charge on any atom is -0.496 e. The van der Waals surface area contributed by atoms with E-state index in [1.54, 1.807) is 19.4 Å². The van der Waals surface area contributed by atoms with E-state index in [9.17, 15) is 4.79 Å². The Kier molecular flexibility index (Phi) is 4.34. The number of aldehydes is 1. The second-order valence-electron chi connectivity index (χ2n) is 4.41. The molecule has 0 aliphatic carbocycles. The number of benzene rings is 1. The summed E-state index contributed by atoms with van der Waals surface area (Å²) in [4.78, 5) is 15.2. The van der Waals surface area contributed by atoms with Crippen LogP contribution in [0.4, 0.5) is 0 Å². The number of rotatable bonds is 6. The van der Waals surface area contributed by atoms with E-state index >= 15 is 0 Å². The number of aromatic nitrogens is 2. The summed E-state index contributed by atoms with van der Waals surface area (Å²) >= 11 is 0. The van der Waals surface area contributed by atoms with Crippen LogP contribution in [0.5, 0.6) is 5.75 Å². The Balaban J connectivity index is 2.30. The molecule has 0 amide bonds. The summed E-state index contributed by atoms with van der Waals surface area (Å²) in [7, 11) is 1.64. The van der Waals surface area contributed by atoms with Crippen LogP contribution in [0, 0.1) is 0 Å². The summed E-state index contributed by atoms with van der Waals surface area (Å²) in [6.07, 6.45) is 6.62. The molecule has 0 aliphatic heterocycles. The van der Waals surface area contributed by atoms with E-state index in [0.717, 1.165) is 36.3 Å². The quantitative estimate of drug-likeness (QED) is 0.748. The van der Waals surface area contributed by atoms with E-state index < -0.39 is 0 Å². The van der Waals surface area contributed by atoms with Gasteiger partial charge in [0.2, 0.25) is 0 Å². The van der Waals surface area contributed by atoms with E-state index in [4.69, 9.17) is 4.74 Å². The molecular weight excluding hydrogens is 240 g/mol. The highest BCUT2D eigenvalue weighted by Crippen LogP contribution is 2.21. The average molecular weight is 258 g/mol. The van der Waals surface area contributed by atoms with Gasteiger partial charge in [-0.15, -0.1) is 0 Å². The lowest BCUT2D eigenvalue weighted by atomic mass is 10.1. The van der Waals surface area contributed by atoms with Gasteiger partial charge < -0.3 is 9.30 Å². The zero-order chi connectivity index (χ0) is 13.7. The SMILES string of the molecule is CCCc1nccn1Cc1cc(C=O)ccc1OC. The normalized spacial score (nSPS) is 10.4. The van der Waals surface area contributed by atoms with Crippen LogP contribution in [0.1, 0.15) is 35.1 Å². The van der Waals surface area contributed by atoms with E-state index in [0.29, 0.717) is 12.1 Å². The second-order valence-corrected chi connectivity index (χ2v) is 4.41.